The minimum Gasteiger partial charge on any atom is -0.328 e. The standard InChI is InChI=1S/C20H24N4OS.ClH/c1-4-14-5-7-15(8-6-14)17-12-21-9-10-24(17)19(25)18-11-16-13(2)22-23(3)20(16)26-18;/h5-8,11,17,21H,4,9-10,12H2,1-3H3;1H. The number of benzene rings is 1. The van der Waals surface area contributed by atoms with Crippen LogP contribution in [0.25, 0.3) is 10.2 Å². The average molecular weight is 405 g/mol. The molecule has 0 aliphatic carbocycles. The molecular formula is C20H25ClN4OS. The second-order valence-corrected chi connectivity index (χ2v) is 7.88. The van der Waals surface area contributed by atoms with Crippen molar-refractivity contribution in [3.8, 4) is 0 Å². The number of hydrogen-bond acceptors (Lipinski definition) is 4. The lowest BCUT2D eigenvalue weighted by Gasteiger charge is -2.36. The van der Waals surface area contributed by atoms with Crippen LogP contribution < -0.4 is 5.32 Å². The van der Waals surface area contributed by atoms with Crippen LogP contribution in [0.5, 0.6) is 0 Å². The maximum absolute atomic E-state index is 13.3. The summed E-state index contributed by atoms with van der Waals surface area (Å²) in [6, 6.07) is 10.7. The summed E-state index contributed by atoms with van der Waals surface area (Å²) in [7, 11) is 1.93. The van der Waals surface area contributed by atoms with Crippen LogP contribution in [0.1, 0.15) is 39.5 Å². The van der Waals surface area contributed by atoms with Crippen molar-refractivity contribution < 1.29 is 4.79 Å². The van der Waals surface area contributed by atoms with Crippen LogP contribution >= 0.6 is 23.7 Å². The van der Waals surface area contributed by atoms with Gasteiger partial charge in [-0.2, -0.15) is 5.10 Å². The van der Waals surface area contributed by atoms with Crippen molar-refractivity contribution in [1.29, 1.82) is 0 Å². The van der Waals surface area contributed by atoms with Crippen molar-refractivity contribution in [3.63, 3.8) is 0 Å². The Labute approximate surface area is 169 Å². The first-order valence-electron chi connectivity index (χ1n) is 9.12. The molecule has 3 aromatic rings. The number of thiophene rings is 1. The fourth-order valence-electron chi connectivity index (χ4n) is 3.67. The number of carbonyl (C=O) groups is 1. The Bertz CT molecular complexity index is 912. The number of fused-ring (bicyclic) bond motifs is 1. The molecule has 0 saturated carbocycles. The Morgan fingerprint density at radius 1 is 1.33 bits per heavy atom. The second kappa shape index (κ2) is 8.00. The van der Waals surface area contributed by atoms with E-state index in [-0.39, 0.29) is 24.4 Å². The molecule has 1 unspecified atom stereocenters. The first kappa shape index (κ1) is 19.9. The molecule has 5 nitrogen and oxygen atoms in total. The lowest BCUT2D eigenvalue weighted by Crippen LogP contribution is -2.48. The minimum absolute atomic E-state index is 0. The highest BCUT2D eigenvalue weighted by Gasteiger charge is 2.30. The van der Waals surface area contributed by atoms with Crippen LogP contribution in [-0.2, 0) is 13.5 Å². The fourth-order valence-corrected chi connectivity index (χ4v) is 4.75. The zero-order valence-electron chi connectivity index (χ0n) is 15.9. The summed E-state index contributed by atoms with van der Waals surface area (Å²) in [6.45, 7) is 6.51. The molecule has 1 fully saturated rings. The summed E-state index contributed by atoms with van der Waals surface area (Å²) in [5.74, 6) is 0.122. The SMILES string of the molecule is CCc1ccc(C2CNCCN2C(=O)c2cc3c(C)nn(C)c3s2)cc1.Cl. The molecule has 1 aliphatic rings. The van der Waals surface area contributed by atoms with Gasteiger partial charge in [-0.1, -0.05) is 31.2 Å². The quantitative estimate of drug-likeness (QED) is 0.723. The fraction of sp³-hybridized carbons (Fsp3) is 0.400. The first-order chi connectivity index (χ1) is 12.6. The number of rotatable bonds is 3. The Kier molecular flexibility index (Phi) is 5.89. The number of nitrogens with one attached hydrogen (secondary N) is 1. The van der Waals surface area contributed by atoms with Crippen LogP contribution in [0.2, 0.25) is 0 Å². The molecule has 1 N–H and O–H groups in total. The van der Waals surface area contributed by atoms with E-state index in [1.807, 2.05) is 29.6 Å². The number of hydrogen-bond donors (Lipinski definition) is 1. The van der Waals surface area contributed by atoms with E-state index < -0.39 is 0 Å². The summed E-state index contributed by atoms with van der Waals surface area (Å²) < 4.78 is 1.87. The number of halogens is 1. The molecule has 2 aromatic heterocycles. The lowest BCUT2D eigenvalue weighted by molar-refractivity contribution is 0.0639. The third-order valence-corrected chi connectivity index (χ3v) is 6.37. The molecule has 1 saturated heterocycles. The van der Waals surface area contributed by atoms with Crippen LogP contribution in [-0.4, -0.2) is 40.2 Å². The van der Waals surface area contributed by atoms with Gasteiger partial charge in [0.2, 0.25) is 0 Å². The number of nitrogens with zero attached hydrogens (tertiary/aromatic N) is 3. The number of aryl methyl sites for hydroxylation is 3. The van der Waals surface area contributed by atoms with Crippen molar-refractivity contribution in [1.82, 2.24) is 20.0 Å². The molecular weight excluding hydrogens is 380 g/mol. The van der Waals surface area contributed by atoms with E-state index in [2.05, 4.69) is 41.6 Å². The van der Waals surface area contributed by atoms with Crippen LogP contribution in [0, 0.1) is 6.92 Å². The Balaban J connectivity index is 0.00000210. The van der Waals surface area contributed by atoms with Gasteiger partial charge in [0.25, 0.3) is 5.91 Å². The van der Waals surface area contributed by atoms with Gasteiger partial charge in [-0.3, -0.25) is 9.48 Å². The van der Waals surface area contributed by atoms with Crippen molar-refractivity contribution in [2.75, 3.05) is 19.6 Å². The first-order valence-corrected chi connectivity index (χ1v) is 9.93. The molecule has 0 radical (unpaired) electrons. The minimum atomic E-state index is 0. The third-order valence-electron chi connectivity index (χ3n) is 5.18. The van der Waals surface area contributed by atoms with Gasteiger partial charge in [0.05, 0.1) is 16.6 Å². The molecule has 1 aliphatic heterocycles. The van der Waals surface area contributed by atoms with E-state index in [4.69, 9.17) is 0 Å². The van der Waals surface area contributed by atoms with Crippen molar-refractivity contribution in [2.24, 2.45) is 7.05 Å². The van der Waals surface area contributed by atoms with Gasteiger partial charge in [0.1, 0.15) is 4.83 Å². The predicted octanol–water partition coefficient (Wildman–Crippen LogP) is 3.71. The molecule has 0 spiro atoms. The summed E-state index contributed by atoms with van der Waals surface area (Å²) in [6.07, 6.45) is 1.03. The van der Waals surface area contributed by atoms with Gasteiger partial charge < -0.3 is 10.2 Å². The molecule has 4 rings (SSSR count). The highest BCUT2D eigenvalue weighted by molar-refractivity contribution is 7.20. The van der Waals surface area contributed by atoms with E-state index in [9.17, 15) is 4.79 Å². The largest absolute Gasteiger partial charge is 0.328 e. The van der Waals surface area contributed by atoms with E-state index in [1.54, 1.807) is 0 Å². The summed E-state index contributed by atoms with van der Waals surface area (Å²) in [5, 5.41) is 8.95. The van der Waals surface area contributed by atoms with Crippen LogP contribution in [0.15, 0.2) is 30.3 Å². The smallest absolute Gasteiger partial charge is 0.264 e. The summed E-state index contributed by atoms with van der Waals surface area (Å²) in [4.78, 5) is 17.2. The van der Waals surface area contributed by atoms with E-state index in [0.29, 0.717) is 0 Å². The van der Waals surface area contributed by atoms with Gasteiger partial charge in [-0.25, -0.2) is 0 Å². The summed E-state index contributed by atoms with van der Waals surface area (Å²) in [5.41, 5.74) is 3.49. The Morgan fingerprint density at radius 3 is 2.74 bits per heavy atom. The maximum atomic E-state index is 13.3. The number of aromatic nitrogens is 2. The van der Waals surface area contributed by atoms with E-state index >= 15 is 0 Å². The molecule has 1 amide bonds. The second-order valence-electron chi connectivity index (χ2n) is 6.85. The Hall–Kier alpha value is -1.89. The number of piperazine rings is 1. The van der Waals surface area contributed by atoms with Gasteiger partial charge in [0, 0.05) is 32.1 Å². The molecule has 144 valence electrons. The summed E-state index contributed by atoms with van der Waals surface area (Å²) >= 11 is 1.54. The zero-order valence-corrected chi connectivity index (χ0v) is 17.5. The molecule has 27 heavy (non-hydrogen) atoms. The predicted molar refractivity (Wildman–Crippen MR) is 113 cm³/mol. The Morgan fingerprint density at radius 2 is 2.07 bits per heavy atom. The lowest BCUT2D eigenvalue weighted by atomic mass is 10.0. The molecule has 1 atom stereocenters. The van der Waals surface area contributed by atoms with Crippen molar-refractivity contribution in [3.05, 3.63) is 52.0 Å². The van der Waals surface area contributed by atoms with Gasteiger partial charge in [-0.15, -0.1) is 23.7 Å². The average Bonchev–Trinajstić information content (AvgIpc) is 3.23. The number of amides is 1. The molecule has 7 heteroatoms. The van der Waals surface area contributed by atoms with Gasteiger partial charge in [0.15, 0.2) is 0 Å². The van der Waals surface area contributed by atoms with Gasteiger partial charge >= 0.3 is 0 Å². The van der Waals surface area contributed by atoms with E-state index in [0.717, 1.165) is 46.8 Å². The normalized spacial score (nSPS) is 17.1. The molecule has 1 aromatic carbocycles. The molecule has 0 bridgehead atoms. The zero-order chi connectivity index (χ0) is 18.3. The monoisotopic (exact) mass is 404 g/mol. The number of carbonyl (C=O) groups excluding carboxylic acids is 1. The van der Waals surface area contributed by atoms with Crippen molar-refractivity contribution >= 4 is 39.9 Å². The van der Waals surface area contributed by atoms with Gasteiger partial charge in [-0.05, 0) is 30.5 Å². The van der Waals surface area contributed by atoms with Crippen LogP contribution in [0.3, 0.4) is 0 Å². The molecule has 3 heterocycles. The highest BCUT2D eigenvalue weighted by atomic mass is 35.5. The topological polar surface area (TPSA) is 50.2 Å². The third kappa shape index (κ3) is 3.61. The van der Waals surface area contributed by atoms with E-state index in [1.165, 1.54) is 22.5 Å². The maximum Gasteiger partial charge on any atom is 0.264 e. The highest BCUT2D eigenvalue weighted by Crippen LogP contribution is 2.31. The van der Waals surface area contributed by atoms with Crippen molar-refractivity contribution in [2.45, 2.75) is 26.3 Å². The van der Waals surface area contributed by atoms with Crippen LogP contribution in [0.4, 0.5) is 0 Å².